The number of nitrogens with one attached hydrogen (secondary N) is 1. The van der Waals surface area contributed by atoms with Crippen molar-refractivity contribution >= 4 is 0 Å². The van der Waals surface area contributed by atoms with Gasteiger partial charge in [0, 0.05) is 0 Å². The third kappa shape index (κ3) is 2.56. The Bertz CT molecular complexity index is 545. The van der Waals surface area contributed by atoms with Gasteiger partial charge in [-0.3, -0.25) is 0 Å². The van der Waals surface area contributed by atoms with Crippen LogP contribution in [0.4, 0.5) is 0 Å². The molecule has 116 valence electrons. The number of benzene rings is 2. The Labute approximate surface area is 133 Å². The van der Waals surface area contributed by atoms with Crippen molar-refractivity contribution < 1.29 is 4.90 Å². The molecule has 3 rings (SSSR count). The third-order valence-corrected chi connectivity index (χ3v) is 4.75. The largest absolute Gasteiger partial charge is 0.312 e. The van der Waals surface area contributed by atoms with Crippen LogP contribution in [0.25, 0.3) is 0 Å². The SMILES string of the molecule is CN1C([NH+](C)C)N(C)[C@@H](c2ccccc2)[C@@H]1c1ccccc1. The Morgan fingerprint density at radius 2 is 1.05 bits per heavy atom. The molecule has 1 aliphatic heterocycles. The fourth-order valence-electron chi connectivity index (χ4n) is 3.99. The van der Waals surface area contributed by atoms with Crippen molar-refractivity contribution in [3.8, 4) is 0 Å². The first kappa shape index (κ1) is 15.2. The molecule has 3 heteroatoms. The number of hydrogen-bond acceptors (Lipinski definition) is 2. The average molecular weight is 296 g/mol. The molecule has 0 aromatic heterocycles. The molecule has 0 radical (unpaired) electrons. The molecule has 2 aromatic rings. The fourth-order valence-corrected chi connectivity index (χ4v) is 3.99. The molecule has 0 amide bonds. The van der Waals surface area contributed by atoms with E-state index in [-0.39, 0.29) is 0 Å². The maximum Gasteiger partial charge on any atom is 0.203 e. The molecular weight excluding hydrogens is 270 g/mol. The summed E-state index contributed by atoms with van der Waals surface area (Å²) in [7, 11) is 8.95. The van der Waals surface area contributed by atoms with Crippen LogP contribution in [0.3, 0.4) is 0 Å². The molecule has 2 aromatic carbocycles. The number of likely N-dealkylation sites (N-methyl/N-ethyl adjacent to an activating group) is 2. The number of rotatable bonds is 3. The van der Waals surface area contributed by atoms with Gasteiger partial charge in [-0.25, -0.2) is 9.80 Å². The summed E-state index contributed by atoms with van der Waals surface area (Å²) >= 11 is 0. The second-order valence-electron chi connectivity index (χ2n) is 6.49. The first-order chi connectivity index (χ1) is 10.6. The molecule has 0 bridgehead atoms. The van der Waals surface area contributed by atoms with Crippen LogP contribution in [0, 0.1) is 0 Å². The summed E-state index contributed by atoms with van der Waals surface area (Å²) in [4.78, 5) is 6.44. The molecule has 1 fully saturated rings. The lowest BCUT2D eigenvalue weighted by Crippen LogP contribution is -3.13. The predicted molar refractivity (Wildman–Crippen MR) is 90.5 cm³/mol. The van der Waals surface area contributed by atoms with Crippen molar-refractivity contribution in [2.24, 2.45) is 0 Å². The highest BCUT2D eigenvalue weighted by Gasteiger charge is 2.47. The van der Waals surface area contributed by atoms with Crippen LogP contribution in [0.2, 0.25) is 0 Å². The van der Waals surface area contributed by atoms with E-state index in [1.807, 2.05) is 0 Å². The summed E-state index contributed by atoms with van der Waals surface area (Å²) in [5, 5.41) is 0. The fraction of sp³-hybridized carbons (Fsp3) is 0.368. The van der Waals surface area contributed by atoms with Gasteiger partial charge in [0.25, 0.3) is 0 Å². The Morgan fingerprint density at radius 1 is 0.682 bits per heavy atom. The van der Waals surface area contributed by atoms with Crippen molar-refractivity contribution in [1.29, 1.82) is 0 Å². The van der Waals surface area contributed by atoms with Gasteiger partial charge in [-0.05, 0) is 25.2 Å². The predicted octanol–water partition coefficient (Wildman–Crippen LogP) is 1.77. The standard InChI is InChI=1S/C19H25N3/c1-20(2)19-21(3)17(15-11-7-5-8-12-15)18(22(19)4)16-13-9-6-10-14-16/h5-14,17-19H,1-4H3/p+1/t17-,18-/m0/s1. The minimum Gasteiger partial charge on any atom is -0.312 e. The number of quaternary nitrogens is 1. The molecule has 22 heavy (non-hydrogen) atoms. The minimum atomic E-state index is 0.369. The zero-order valence-electron chi connectivity index (χ0n) is 13.9. The summed E-state index contributed by atoms with van der Waals surface area (Å²) in [6.07, 6.45) is 0.371. The van der Waals surface area contributed by atoms with E-state index < -0.39 is 0 Å². The third-order valence-electron chi connectivity index (χ3n) is 4.75. The lowest BCUT2D eigenvalue weighted by molar-refractivity contribution is -0.909. The second-order valence-corrected chi connectivity index (χ2v) is 6.49. The zero-order valence-corrected chi connectivity index (χ0v) is 13.9. The van der Waals surface area contributed by atoms with Gasteiger partial charge in [0.1, 0.15) is 0 Å². The smallest absolute Gasteiger partial charge is 0.203 e. The zero-order chi connectivity index (χ0) is 15.7. The van der Waals surface area contributed by atoms with E-state index in [1.165, 1.54) is 16.0 Å². The van der Waals surface area contributed by atoms with Crippen LogP contribution in [-0.4, -0.2) is 44.3 Å². The van der Waals surface area contributed by atoms with Crippen LogP contribution < -0.4 is 4.90 Å². The van der Waals surface area contributed by atoms with Crippen LogP contribution in [0.15, 0.2) is 60.7 Å². The maximum atomic E-state index is 2.50. The normalized spacial score (nSPS) is 24.2. The first-order valence-electron chi connectivity index (χ1n) is 7.95. The Hall–Kier alpha value is -1.68. The molecule has 3 nitrogen and oxygen atoms in total. The maximum absolute atomic E-state index is 2.50. The van der Waals surface area contributed by atoms with Crippen LogP contribution in [-0.2, 0) is 0 Å². The van der Waals surface area contributed by atoms with E-state index in [0.717, 1.165) is 0 Å². The van der Waals surface area contributed by atoms with E-state index in [4.69, 9.17) is 0 Å². The second kappa shape index (κ2) is 6.21. The molecule has 1 aliphatic rings. The van der Waals surface area contributed by atoms with Gasteiger partial charge in [-0.1, -0.05) is 60.7 Å². The summed E-state index contributed by atoms with van der Waals surface area (Å²) in [5.41, 5.74) is 2.77. The van der Waals surface area contributed by atoms with Gasteiger partial charge in [0.15, 0.2) is 0 Å². The molecule has 2 atom stereocenters. The molecule has 0 unspecified atom stereocenters. The highest BCUT2D eigenvalue weighted by atomic mass is 15.5. The number of nitrogens with zero attached hydrogens (tertiary/aromatic N) is 2. The van der Waals surface area contributed by atoms with Crippen molar-refractivity contribution in [2.45, 2.75) is 18.4 Å². The van der Waals surface area contributed by atoms with Crippen molar-refractivity contribution in [3.05, 3.63) is 71.8 Å². The van der Waals surface area contributed by atoms with Crippen molar-refractivity contribution in [3.63, 3.8) is 0 Å². The van der Waals surface area contributed by atoms with Crippen molar-refractivity contribution in [2.75, 3.05) is 28.2 Å². The molecule has 0 saturated carbocycles. The van der Waals surface area contributed by atoms with Crippen molar-refractivity contribution in [1.82, 2.24) is 9.80 Å². The summed E-state index contributed by atoms with van der Waals surface area (Å²) in [5.74, 6) is 0. The summed E-state index contributed by atoms with van der Waals surface area (Å²) in [6.45, 7) is 0. The van der Waals surface area contributed by atoms with E-state index in [2.05, 4.69) is 98.7 Å². The van der Waals surface area contributed by atoms with Gasteiger partial charge in [0.2, 0.25) is 6.29 Å². The van der Waals surface area contributed by atoms with Crippen LogP contribution >= 0.6 is 0 Å². The Balaban J connectivity index is 2.07. The van der Waals surface area contributed by atoms with Gasteiger partial charge in [0.05, 0.1) is 26.2 Å². The van der Waals surface area contributed by atoms with E-state index in [1.54, 1.807) is 0 Å². The lowest BCUT2D eigenvalue weighted by atomic mass is 9.93. The van der Waals surface area contributed by atoms with Gasteiger partial charge >= 0.3 is 0 Å². The van der Waals surface area contributed by atoms with Gasteiger partial charge in [-0.2, -0.15) is 0 Å². The van der Waals surface area contributed by atoms with Gasteiger partial charge in [-0.15, -0.1) is 0 Å². The summed E-state index contributed by atoms with van der Waals surface area (Å²) < 4.78 is 0. The quantitative estimate of drug-likeness (QED) is 0.926. The van der Waals surface area contributed by atoms with Crippen LogP contribution in [0.1, 0.15) is 23.2 Å². The highest BCUT2D eigenvalue weighted by molar-refractivity contribution is 5.29. The van der Waals surface area contributed by atoms with E-state index in [0.29, 0.717) is 18.4 Å². The van der Waals surface area contributed by atoms with Gasteiger partial charge < -0.3 is 4.90 Å². The van der Waals surface area contributed by atoms with E-state index >= 15 is 0 Å². The minimum absolute atomic E-state index is 0.369. The number of hydrogen-bond donors (Lipinski definition) is 1. The lowest BCUT2D eigenvalue weighted by Gasteiger charge is -2.29. The van der Waals surface area contributed by atoms with Crippen LogP contribution in [0.5, 0.6) is 0 Å². The monoisotopic (exact) mass is 296 g/mol. The molecule has 1 N–H and O–H groups in total. The van der Waals surface area contributed by atoms with E-state index in [9.17, 15) is 0 Å². The molecular formula is C19H26N3+. The molecule has 1 saturated heterocycles. The summed E-state index contributed by atoms with van der Waals surface area (Å²) in [6, 6.07) is 22.5. The molecule has 0 aliphatic carbocycles. The topological polar surface area (TPSA) is 10.9 Å². The molecule has 0 spiro atoms. The Kier molecular flexibility index (Phi) is 4.30. The molecule has 1 heterocycles. The Morgan fingerprint density at radius 3 is 1.36 bits per heavy atom. The average Bonchev–Trinajstić information content (AvgIpc) is 2.80. The highest BCUT2D eigenvalue weighted by Crippen LogP contribution is 2.43. The first-order valence-corrected chi connectivity index (χ1v) is 7.95.